The van der Waals surface area contributed by atoms with Gasteiger partial charge in [-0.2, -0.15) is 5.10 Å². The van der Waals surface area contributed by atoms with E-state index < -0.39 is 0 Å². The summed E-state index contributed by atoms with van der Waals surface area (Å²) in [7, 11) is 0. The van der Waals surface area contributed by atoms with E-state index in [9.17, 15) is 9.59 Å². The summed E-state index contributed by atoms with van der Waals surface area (Å²) in [6.07, 6.45) is 6.88. The summed E-state index contributed by atoms with van der Waals surface area (Å²) < 4.78 is 1.69. The number of benzene rings is 2. The average molecular weight is 443 g/mol. The van der Waals surface area contributed by atoms with Crippen LogP contribution in [0.1, 0.15) is 28.0 Å². The van der Waals surface area contributed by atoms with E-state index in [1.54, 1.807) is 23.0 Å². The number of nitrogens with one attached hydrogen (secondary N) is 2. The molecule has 2 aromatic heterocycles. The van der Waals surface area contributed by atoms with Crippen molar-refractivity contribution in [2.75, 3.05) is 0 Å². The number of aromatic nitrogens is 3. The zero-order valence-electron chi connectivity index (χ0n) is 17.0. The van der Waals surface area contributed by atoms with E-state index in [0.29, 0.717) is 28.4 Å². The highest BCUT2D eigenvalue weighted by atomic mass is 35.5. The van der Waals surface area contributed by atoms with Crippen molar-refractivity contribution in [3.8, 4) is 0 Å². The molecule has 0 unspecified atom stereocenters. The molecule has 2 N–H and O–H groups in total. The van der Waals surface area contributed by atoms with Gasteiger partial charge in [0.15, 0.2) is 5.78 Å². The van der Waals surface area contributed by atoms with Crippen molar-refractivity contribution in [1.29, 1.82) is 0 Å². The zero-order valence-corrected chi connectivity index (χ0v) is 17.8. The molecule has 6 nitrogen and oxygen atoms in total. The Morgan fingerprint density at radius 2 is 2.03 bits per heavy atom. The zero-order chi connectivity index (χ0) is 22.1. The van der Waals surface area contributed by atoms with Crippen LogP contribution in [0.25, 0.3) is 16.5 Å². The van der Waals surface area contributed by atoms with Crippen LogP contribution in [0.2, 0.25) is 5.02 Å². The Labute approximate surface area is 189 Å². The normalized spacial score (nSPS) is 13.7. The van der Waals surface area contributed by atoms with Crippen LogP contribution in [-0.4, -0.2) is 26.5 Å². The van der Waals surface area contributed by atoms with Crippen LogP contribution >= 0.6 is 11.6 Å². The third-order valence-electron chi connectivity index (χ3n) is 5.31. The maximum Gasteiger partial charge on any atom is 0.258 e. The van der Waals surface area contributed by atoms with E-state index >= 15 is 0 Å². The van der Waals surface area contributed by atoms with Gasteiger partial charge in [-0.25, -0.2) is 0 Å². The molecule has 0 aliphatic heterocycles. The predicted octanol–water partition coefficient (Wildman–Crippen LogP) is 4.74. The van der Waals surface area contributed by atoms with Crippen molar-refractivity contribution in [2.24, 2.45) is 0 Å². The first-order valence-corrected chi connectivity index (χ1v) is 10.5. The number of allylic oxidation sites excluding steroid dienone is 3. The van der Waals surface area contributed by atoms with Gasteiger partial charge in [-0.05, 0) is 35.9 Å². The summed E-state index contributed by atoms with van der Waals surface area (Å²) in [6.45, 7) is 0.509. The number of Topliss-reactive ketones (excluding diaryl/α,β-unsaturated/α-hetero) is 1. The van der Waals surface area contributed by atoms with Gasteiger partial charge in [-0.1, -0.05) is 48.0 Å². The second kappa shape index (κ2) is 8.32. The third kappa shape index (κ3) is 4.13. The van der Waals surface area contributed by atoms with Gasteiger partial charge in [0.2, 0.25) is 0 Å². The van der Waals surface area contributed by atoms with Gasteiger partial charge in [0.05, 0.1) is 24.0 Å². The molecule has 4 aromatic rings. The third-order valence-corrected chi connectivity index (χ3v) is 5.55. The molecule has 0 saturated heterocycles. The van der Waals surface area contributed by atoms with E-state index in [2.05, 4.69) is 15.4 Å². The summed E-state index contributed by atoms with van der Waals surface area (Å²) in [5, 5.41) is 8.84. The molecule has 1 aliphatic rings. The molecule has 2 aromatic carbocycles. The number of para-hydroxylation sites is 1. The number of hydrogen-bond acceptors (Lipinski definition) is 3. The number of nitrogens with zero attached hydrogens (tertiary/aromatic N) is 2. The molecule has 1 amide bonds. The summed E-state index contributed by atoms with van der Waals surface area (Å²) in [6, 6.07) is 17.3. The molecule has 1 aliphatic carbocycles. The van der Waals surface area contributed by atoms with E-state index in [0.717, 1.165) is 22.2 Å². The molecule has 5 rings (SSSR count). The number of carbonyl (C=O) groups excluding carboxylic acids is 2. The Balaban J connectivity index is 1.32. The molecular weight excluding hydrogens is 424 g/mol. The number of aromatic amines is 1. The number of rotatable bonds is 5. The lowest BCUT2D eigenvalue weighted by molar-refractivity contribution is -0.113. The lowest BCUT2D eigenvalue weighted by atomic mass is 9.98. The maximum absolute atomic E-state index is 12.7. The van der Waals surface area contributed by atoms with Gasteiger partial charge >= 0.3 is 0 Å². The smallest absolute Gasteiger partial charge is 0.258 e. The molecule has 0 spiro atoms. The number of carbonyl (C=O) groups is 2. The van der Waals surface area contributed by atoms with E-state index in [1.807, 2.05) is 54.6 Å². The first kappa shape index (κ1) is 20.0. The number of halogens is 1. The minimum absolute atomic E-state index is 0.00361. The average Bonchev–Trinajstić information content (AvgIpc) is 3.42. The number of amides is 1. The van der Waals surface area contributed by atoms with Crippen molar-refractivity contribution in [3.63, 3.8) is 0 Å². The Morgan fingerprint density at radius 1 is 1.16 bits per heavy atom. The second-order valence-electron chi connectivity index (χ2n) is 7.63. The number of hydrogen-bond donors (Lipinski definition) is 2. The van der Waals surface area contributed by atoms with Crippen LogP contribution in [0.5, 0.6) is 0 Å². The van der Waals surface area contributed by atoms with Gasteiger partial charge < -0.3 is 10.3 Å². The highest BCUT2D eigenvalue weighted by Crippen LogP contribution is 2.26. The Morgan fingerprint density at radius 3 is 2.88 bits per heavy atom. The molecule has 32 heavy (non-hydrogen) atoms. The Bertz CT molecular complexity index is 1380. The molecule has 2 heterocycles. The highest BCUT2D eigenvalue weighted by Gasteiger charge is 2.19. The van der Waals surface area contributed by atoms with Crippen LogP contribution in [0.15, 0.2) is 84.8 Å². The summed E-state index contributed by atoms with van der Waals surface area (Å²) in [5.74, 6) is -0.279. The molecule has 0 radical (unpaired) electrons. The van der Waals surface area contributed by atoms with Crippen LogP contribution in [-0.2, 0) is 11.3 Å². The molecule has 0 saturated carbocycles. The van der Waals surface area contributed by atoms with Crippen molar-refractivity contribution in [3.05, 3.63) is 107 Å². The van der Waals surface area contributed by atoms with Crippen LogP contribution in [0.4, 0.5) is 0 Å². The van der Waals surface area contributed by atoms with Gasteiger partial charge in [0.1, 0.15) is 0 Å². The van der Waals surface area contributed by atoms with Gasteiger partial charge in [0, 0.05) is 39.8 Å². The Kier molecular flexibility index (Phi) is 5.21. The van der Waals surface area contributed by atoms with Gasteiger partial charge in [0.25, 0.3) is 5.91 Å². The minimum Gasteiger partial charge on any atom is -0.354 e. The van der Waals surface area contributed by atoms with Crippen LogP contribution < -0.4 is 5.32 Å². The molecule has 7 heteroatoms. The SMILES string of the molecule is O=C1CC=C(NC(=O)c2cnn(Cc3cccc(Cl)c3)c2)C=C1c1cc2ccccc2[nH]1. The van der Waals surface area contributed by atoms with Crippen molar-refractivity contribution < 1.29 is 9.59 Å². The first-order chi connectivity index (χ1) is 15.5. The number of ketones is 1. The van der Waals surface area contributed by atoms with Crippen molar-refractivity contribution in [2.45, 2.75) is 13.0 Å². The minimum atomic E-state index is -0.282. The topological polar surface area (TPSA) is 79.8 Å². The van der Waals surface area contributed by atoms with E-state index in [-0.39, 0.29) is 18.1 Å². The van der Waals surface area contributed by atoms with Crippen LogP contribution in [0, 0.1) is 0 Å². The fraction of sp³-hybridized carbons (Fsp3) is 0.0800. The fourth-order valence-corrected chi connectivity index (χ4v) is 3.95. The molecule has 0 atom stereocenters. The van der Waals surface area contributed by atoms with E-state index in [4.69, 9.17) is 11.6 Å². The largest absolute Gasteiger partial charge is 0.354 e. The maximum atomic E-state index is 12.7. The Hall–Kier alpha value is -3.90. The molecular formula is C25H19ClN4O2. The van der Waals surface area contributed by atoms with Crippen LogP contribution in [0.3, 0.4) is 0 Å². The van der Waals surface area contributed by atoms with Crippen molar-refractivity contribution in [1.82, 2.24) is 20.1 Å². The predicted molar refractivity (Wildman–Crippen MR) is 124 cm³/mol. The second-order valence-corrected chi connectivity index (χ2v) is 8.06. The van der Waals surface area contributed by atoms with Gasteiger partial charge in [-0.3, -0.25) is 14.3 Å². The van der Waals surface area contributed by atoms with Crippen molar-refractivity contribution >= 4 is 39.8 Å². The standard InChI is InChI=1S/C25H19ClN4O2/c26-19-6-3-4-16(10-19)14-30-15-18(13-27-30)25(32)28-20-8-9-24(31)21(12-20)23-11-17-5-1-2-7-22(17)29-23/h1-8,10-13,15,29H,9,14H2,(H,28,32). The monoisotopic (exact) mass is 442 g/mol. The van der Waals surface area contributed by atoms with E-state index in [1.165, 1.54) is 6.20 Å². The molecule has 0 bridgehead atoms. The summed E-state index contributed by atoms with van der Waals surface area (Å²) in [4.78, 5) is 28.5. The quantitative estimate of drug-likeness (QED) is 0.468. The fourth-order valence-electron chi connectivity index (χ4n) is 3.73. The summed E-state index contributed by atoms with van der Waals surface area (Å²) in [5.41, 5.74) is 4.27. The first-order valence-electron chi connectivity index (χ1n) is 10.2. The lowest BCUT2D eigenvalue weighted by Gasteiger charge is -2.13. The highest BCUT2D eigenvalue weighted by molar-refractivity contribution is 6.30. The number of fused-ring (bicyclic) bond motifs is 1. The molecule has 0 fully saturated rings. The summed E-state index contributed by atoms with van der Waals surface area (Å²) >= 11 is 6.03. The lowest BCUT2D eigenvalue weighted by Crippen LogP contribution is -2.23. The molecule has 158 valence electrons. The number of H-pyrrole nitrogens is 1. The van der Waals surface area contributed by atoms with Gasteiger partial charge in [-0.15, -0.1) is 0 Å².